The number of amides is 1. The number of nitrogens with one attached hydrogen (secondary N) is 1. The number of anilines is 1. The van der Waals surface area contributed by atoms with Crippen LogP contribution in [0.2, 0.25) is 0 Å². The highest BCUT2D eigenvalue weighted by molar-refractivity contribution is 7.91. The van der Waals surface area contributed by atoms with E-state index in [2.05, 4.69) is 10.1 Å². The van der Waals surface area contributed by atoms with Gasteiger partial charge in [0.1, 0.15) is 11.9 Å². The van der Waals surface area contributed by atoms with E-state index in [-0.39, 0.29) is 36.0 Å². The van der Waals surface area contributed by atoms with E-state index in [1.807, 2.05) is 0 Å². The van der Waals surface area contributed by atoms with Crippen LogP contribution in [0.1, 0.15) is 47.3 Å². The smallest absolute Gasteiger partial charge is 0.416 e. The molecule has 0 radical (unpaired) electrons. The van der Waals surface area contributed by atoms with Crippen molar-refractivity contribution in [2.24, 2.45) is 0 Å². The Morgan fingerprint density at radius 1 is 0.959 bits per heavy atom. The molecule has 1 N–H and O–H groups in total. The van der Waals surface area contributed by atoms with Crippen molar-refractivity contribution in [3.05, 3.63) is 89.5 Å². The Morgan fingerprint density at radius 3 is 2.22 bits per heavy atom. The van der Waals surface area contributed by atoms with Crippen molar-refractivity contribution < 1.29 is 54.1 Å². The predicted octanol–water partition coefficient (Wildman–Crippen LogP) is 6.29. The number of hydrogen-bond donors (Lipinski definition) is 1. The summed E-state index contributed by atoms with van der Waals surface area (Å²) in [6.45, 7) is -0.449. The minimum atomic E-state index is -4.49. The van der Waals surface area contributed by atoms with Crippen LogP contribution in [0.3, 0.4) is 0 Å². The lowest BCUT2D eigenvalue weighted by Crippen LogP contribution is -2.34. The maximum atomic E-state index is 13.4. The van der Waals surface area contributed by atoms with Gasteiger partial charge in [0.25, 0.3) is 5.91 Å². The van der Waals surface area contributed by atoms with Crippen molar-refractivity contribution in [3.8, 4) is 5.75 Å². The highest BCUT2D eigenvalue weighted by Gasteiger charge is 2.35. The predicted molar refractivity (Wildman–Crippen MR) is 172 cm³/mol. The monoisotopic (exact) mass is 714 g/mol. The zero-order valence-corrected chi connectivity index (χ0v) is 27.8. The van der Waals surface area contributed by atoms with Gasteiger partial charge in [0.15, 0.2) is 9.84 Å². The zero-order valence-electron chi connectivity index (χ0n) is 27.0. The van der Waals surface area contributed by atoms with E-state index in [1.54, 1.807) is 55.3 Å². The molecule has 0 saturated carbocycles. The van der Waals surface area contributed by atoms with Gasteiger partial charge in [-0.05, 0) is 72.6 Å². The van der Waals surface area contributed by atoms with Crippen molar-refractivity contribution in [1.29, 1.82) is 0 Å². The fourth-order valence-electron chi connectivity index (χ4n) is 5.42. The van der Waals surface area contributed by atoms with Crippen molar-refractivity contribution in [2.45, 2.75) is 55.6 Å². The normalized spacial score (nSPS) is 17.3. The van der Waals surface area contributed by atoms with Crippen molar-refractivity contribution in [3.63, 3.8) is 0 Å². The van der Waals surface area contributed by atoms with E-state index in [4.69, 9.17) is 14.2 Å². The van der Waals surface area contributed by atoms with E-state index < -0.39 is 52.3 Å². The maximum absolute atomic E-state index is 13.4. The van der Waals surface area contributed by atoms with Crippen LogP contribution in [-0.4, -0.2) is 78.9 Å². The third kappa shape index (κ3) is 10.8. The molecule has 1 fully saturated rings. The first-order valence-electron chi connectivity index (χ1n) is 15.6. The first kappa shape index (κ1) is 38.0. The fraction of sp³-hybridized carbons (Fsp3) is 0.441. The number of nitrogens with zero attached hydrogens (tertiary/aromatic N) is 1. The molecule has 0 aliphatic carbocycles. The van der Waals surface area contributed by atoms with Crippen LogP contribution in [0.5, 0.6) is 5.75 Å². The fourth-order valence-corrected chi connectivity index (χ4v) is 6.30. The largest absolute Gasteiger partial charge is 0.489 e. The number of benzene rings is 3. The number of alkyl halides is 5. The second-order valence-electron chi connectivity index (χ2n) is 11.3. The lowest BCUT2D eigenvalue weighted by molar-refractivity contribution is -0.137. The highest BCUT2D eigenvalue weighted by Crippen LogP contribution is 2.33. The number of sulfone groups is 1. The second kappa shape index (κ2) is 17.2. The molecular weight excluding hydrogens is 675 g/mol. The van der Waals surface area contributed by atoms with Crippen molar-refractivity contribution >= 4 is 21.4 Å². The van der Waals surface area contributed by atoms with Crippen LogP contribution in [-0.2, 0) is 30.2 Å². The summed E-state index contributed by atoms with van der Waals surface area (Å²) in [6, 6.07) is 16.0. The van der Waals surface area contributed by atoms with Gasteiger partial charge in [0.05, 0.1) is 54.7 Å². The number of carbonyl (C=O) groups is 1. The van der Waals surface area contributed by atoms with Gasteiger partial charge in [-0.15, -0.1) is 0 Å². The Hall–Kier alpha value is -3.79. The molecule has 4 rings (SSSR count). The third-order valence-corrected chi connectivity index (χ3v) is 9.80. The molecule has 15 heteroatoms. The molecule has 268 valence electrons. The number of ether oxygens (including phenoxy) is 4. The molecule has 1 saturated heterocycles. The Bertz CT molecular complexity index is 1590. The first-order chi connectivity index (χ1) is 23.3. The third-order valence-electron chi connectivity index (χ3n) is 8.05. The van der Waals surface area contributed by atoms with Crippen molar-refractivity contribution in [1.82, 2.24) is 5.32 Å². The molecule has 1 aliphatic rings. The summed E-state index contributed by atoms with van der Waals surface area (Å²) in [4.78, 5) is 15.4. The summed E-state index contributed by atoms with van der Waals surface area (Å²) >= 11 is 0. The van der Waals surface area contributed by atoms with Gasteiger partial charge in [0.2, 0.25) is 0 Å². The lowest BCUT2D eigenvalue weighted by atomic mass is 10.0. The molecule has 1 heterocycles. The molecule has 3 aromatic rings. The molecule has 0 aromatic heterocycles. The van der Waals surface area contributed by atoms with Crippen LogP contribution in [0, 0.1) is 0 Å². The summed E-state index contributed by atoms with van der Waals surface area (Å²) in [7, 11) is -1.85. The molecule has 1 amide bonds. The number of hydrogen-bond acceptors (Lipinski definition) is 8. The molecule has 0 spiro atoms. The summed E-state index contributed by atoms with van der Waals surface area (Å²) in [5.41, 5.74) is 0.792. The van der Waals surface area contributed by atoms with Crippen LogP contribution in [0.4, 0.5) is 27.6 Å². The molecular formula is C34H39F5N2O7S. The van der Waals surface area contributed by atoms with Gasteiger partial charge >= 0.3 is 12.8 Å². The van der Waals surface area contributed by atoms with Crippen LogP contribution < -0.4 is 15.0 Å². The van der Waals surface area contributed by atoms with E-state index in [9.17, 15) is 35.2 Å². The maximum Gasteiger partial charge on any atom is 0.416 e. The number of methoxy groups -OCH3 is 1. The topological polar surface area (TPSA) is 103 Å². The number of rotatable bonds is 17. The summed E-state index contributed by atoms with van der Waals surface area (Å²) in [5.74, 6) is -0.234. The van der Waals surface area contributed by atoms with E-state index >= 15 is 0 Å². The first-order valence-corrected chi connectivity index (χ1v) is 17.3. The lowest BCUT2D eigenvalue weighted by Gasteiger charge is -2.26. The van der Waals surface area contributed by atoms with Gasteiger partial charge < -0.3 is 29.2 Å². The Balaban J connectivity index is 1.46. The van der Waals surface area contributed by atoms with E-state index in [1.165, 1.54) is 24.3 Å². The van der Waals surface area contributed by atoms with Gasteiger partial charge in [-0.25, -0.2) is 8.42 Å². The molecule has 0 bridgehead atoms. The Kier molecular flexibility index (Phi) is 13.4. The van der Waals surface area contributed by atoms with Crippen LogP contribution >= 0.6 is 0 Å². The standard InChI is InChI=1S/C34H39F5N2O7S/c1-3-49(43,44)30-14-6-23(7-15-30)31(16-17-46-19-18-45-2)40-32(42)24-4-10-26(11-5-24)41-21-29(20-27(41)22-47-33(35)36)48-28-12-8-25(9-13-28)34(37,38)39/h4-15,27,29,31,33H,3,16-22H2,1-2H3,(H,40,42)/t27-,29-,31-/m0/s1. The number of carbonyl (C=O) groups excluding carboxylic acids is 1. The molecule has 9 nitrogen and oxygen atoms in total. The minimum absolute atomic E-state index is 0.0416. The average Bonchev–Trinajstić information content (AvgIpc) is 3.49. The van der Waals surface area contributed by atoms with Gasteiger partial charge in [-0.3, -0.25) is 4.79 Å². The molecule has 1 aliphatic heterocycles. The van der Waals surface area contributed by atoms with E-state index in [0.717, 1.165) is 12.1 Å². The Labute approximate surface area is 282 Å². The zero-order chi connectivity index (χ0) is 35.6. The summed E-state index contributed by atoms with van der Waals surface area (Å²) in [6.07, 6.45) is -4.36. The number of halogens is 5. The molecule has 49 heavy (non-hydrogen) atoms. The molecule has 0 unspecified atom stereocenters. The summed E-state index contributed by atoms with van der Waals surface area (Å²) in [5, 5.41) is 2.98. The van der Waals surface area contributed by atoms with Gasteiger partial charge in [-0.1, -0.05) is 19.1 Å². The highest BCUT2D eigenvalue weighted by atomic mass is 32.2. The SMILES string of the molecule is CCS(=O)(=O)c1ccc([C@H](CCOCCOC)NC(=O)c2ccc(N3C[C@@H](Oc4ccc(C(F)(F)F)cc4)C[C@H]3COC(F)F)cc2)cc1. The Morgan fingerprint density at radius 2 is 1.63 bits per heavy atom. The van der Waals surface area contributed by atoms with Gasteiger partial charge in [-0.2, -0.15) is 22.0 Å². The summed E-state index contributed by atoms with van der Waals surface area (Å²) < 4.78 is 110. The quantitative estimate of drug-likeness (QED) is 0.129. The van der Waals surface area contributed by atoms with E-state index in [0.29, 0.717) is 43.1 Å². The van der Waals surface area contributed by atoms with Crippen LogP contribution in [0.15, 0.2) is 77.7 Å². The average molecular weight is 715 g/mol. The van der Waals surface area contributed by atoms with Gasteiger partial charge in [0, 0.05) is 31.4 Å². The minimum Gasteiger partial charge on any atom is -0.489 e. The second-order valence-corrected chi connectivity index (χ2v) is 13.6. The molecule has 3 atom stereocenters. The van der Waals surface area contributed by atoms with Crippen molar-refractivity contribution in [2.75, 3.05) is 50.7 Å². The van der Waals surface area contributed by atoms with Crippen LogP contribution in [0.25, 0.3) is 0 Å². The molecule has 3 aromatic carbocycles.